The summed E-state index contributed by atoms with van der Waals surface area (Å²) < 4.78 is 0. The summed E-state index contributed by atoms with van der Waals surface area (Å²) in [5, 5.41) is 19.1. The van der Waals surface area contributed by atoms with E-state index in [1.54, 1.807) is 23.5 Å². The Morgan fingerprint density at radius 1 is 0.886 bits per heavy atom. The molecule has 2 fully saturated rings. The second kappa shape index (κ2) is 10.6. The molecule has 0 aliphatic carbocycles. The number of rotatable bonds is 5. The second-order valence-electron chi connectivity index (χ2n) is 10.9. The van der Waals surface area contributed by atoms with Gasteiger partial charge in [-0.15, -0.1) is 0 Å². The van der Waals surface area contributed by atoms with Crippen LogP contribution in [0, 0.1) is 23.7 Å². The van der Waals surface area contributed by atoms with Gasteiger partial charge in [-0.3, -0.25) is 10.8 Å². The van der Waals surface area contributed by atoms with Gasteiger partial charge in [0.15, 0.2) is 10.3 Å². The van der Waals surface area contributed by atoms with Gasteiger partial charge >= 0.3 is 0 Å². The van der Waals surface area contributed by atoms with Crippen molar-refractivity contribution in [1.82, 2.24) is 0 Å². The number of hydrogen-bond donors (Lipinski definition) is 2. The summed E-state index contributed by atoms with van der Waals surface area (Å²) in [6.45, 7) is 16.5. The van der Waals surface area contributed by atoms with Crippen molar-refractivity contribution in [3.05, 3.63) is 58.7 Å². The summed E-state index contributed by atoms with van der Waals surface area (Å²) in [5.41, 5.74) is 7.54. The van der Waals surface area contributed by atoms with Gasteiger partial charge in [-0.05, 0) is 72.4 Å². The Morgan fingerprint density at radius 3 is 2.26 bits per heavy atom. The van der Waals surface area contributed by atoms with Crippen molar-refractivity contribution in [2.75, 3.05) is 22.1 Å². The quantitative estimate of drug-likeness (QED) is 0.426. The summed E-state index contributed by atoms with van der Waals surface area (Å²) in [6, 6.07) is 13.8. The fourth-order valence-corrected chi connectivity index (χ4v) is 7.39. The molecule has 0 spiro atoms. The Balaban J connectivity index is 1.62. The van der Waals surface area contributed by atoms with Crippen LogP contribution >= 0.6 is 23.5 Å². The molecule has 2 aromatic rings. The monoisotopic (exact) mass is 508 g/mol. The molecule has 2 N–H and O–H groups in total. The summed E-state index contributed by atoms with van der Waals surface area (Å²) in [5.74, 6) is 2.40. The third-order valence-electron chi connectivity index (χ3n) is 7.12. The Bertz CT molecular complexity index is 1110. The highest BCUT2D eigenvalue weighted by molar-refractivity contribution is 8.14. The molecular weight excluding hydrogens is 468 g/mol. The molecule has 3 unspecified atom stereocenters. The molecule has 2 aromatic carbocycles. The highest BCUT2D eigenvalue weighted by atomic mass is 32.2. The standard InChI is InChI=1S/C29H40N4S2/c1-17(2)23-10-8-19(5)12-26(23)33-21(7)13-27(35-29(33)31)22-9-11-25(24(14-22)18(3)4)32-15-20(6)16-34-28(32)30/h8-12,14,17-18,20-21,27,30-31H,13,15-16H2,1-7H3. The maximum Gasteiger partial charge on any atom is 0.161 e. The van der Waals surface area contributed by atoms with E-state index in [1.165, 1.54) is 33.6 Å². The summed E-state index contributed by atoms with van der Waals surface area (Å²) in [7, 11) is 0. The summed E-state index contributed by atoms with van der Waals surface area (Å²) in [6.07, 6.45) is 1.00. The molecule has 0 aromatic heterocycles. The van der Waals surface area contributed by atoms with Gasteiger partial charge in [-0.25, -0.2) is 0 Å². The van der Waals surface area contributed by atoms with Gasteiger partial charge in [0.2, 0.25) is 0 Å². The van der Waals surface area contributed by atoms with Crippen LogP contribution in [0.2, 0.25) is 0 Å². The van der Waals surface area contributed by atoms with Crippen LogP contribution in [0.5, 0.6) is 0 Å². The molecule has 188 valence electrons. The molecule has 4 rings (SSSR count). The van der Waals surface area contributed by atoms with Crippen LogP contribution < -0.4 is 9.80 Å². The first-order valence-corrected chi connectivity index (χ1v) is 14.7. The van der Waals surface area contributed by atoms with E-state index in [4.69, 9.17) is 10.8 Å². The Hall–Kier alpha value is -1.92. The lowest BCUT2D eigenvalue weighted by Crippen LogP contribution is -2.42. The molecule has 0 radical (unpaired) electrons. The van der Waals surface area contributed by atoms with Crippen LogP contribution in [0.25, 0.3) is 0 Å². The molecule has 0 amide bonds. The first-order valence-electron chi connectivity index (χ1n) is 12.8. The minimum Gasteiger partial charge on any atom is -0.321 e. The smallest absolute Gasteiger partial charge is 0.161 e. The first-order chi connectivity index (χ1) is 16.6. The summed E-state index contributed by atoms with van der Waals surface area (Å²) >= 11 is 3.34. The van der Waals surface area contributed by atoms with E-state index >= 15 is 0 Å². The Labute approximate surface area is 220 Å². The van der Waals surface area contributed by atoms with E-state index in [0.717, 1.165) is 18.7 Å². The molecule has 6 heteroatoms. The zero-order valence-corrected chi connectivity index (χ0v) is 23.8. The summed E-state index contributed by atoms with van der Waals surface area (Å²) in [4.78, 5) is 4.44. The van der Waals surface area contributed by atoms with Crippen molar-refractivity contribution in [2.45, 2.75) is 78.0 Å². The van der Waals surface area contributed by atoms with E-state index < -0.39 is 0 Å². The van der Waals surface area contributed by atoms with Crippen molar-refractivity contribution >= 4 is 45.2 Å². The van der Waals surface area contributed by atoms with E-state index in [9.17, 15) is 0 Å². The topological polar surface area (TPSA) is 54.2 Å². The average molecular weight is 509 g/mol. The third kappa shape index (κ3) is 5.43. The van der Waals surface area contributed by atoms with E-state index in [-0.39, 0.29) is 11.3 Å². The zero-order valence-electron chi connectivity index (χ0n) is 22.2. The average Bonchev–Trinajstić information content (AvgIpc) is 2.79. The predicted molar refractivity (Wildman–Crippen MR) is 157 cm³/mol. The Morgan fingerprint density at radius 2 is 1.60 bits per heavy atom. The molecule has 0 bridgehead atoms. The lowest BCUT2D eigenvalue weighted by molar-refractivity contribution is 0.635. The fraction of sp³-hybridized carbons (Fsp3) is 0.517. The van der Waals surface area contributed by atoms with E-state index in [1.807, 2.05) is 0 Å². The number of benzene rings is 2. The van der Waals surface area contributed by atoms with Crippen molar-refractivity contribution in [3.63, 3.8) is 0 Å². The highest BCUT2D eigenvalue weighted by Gasteiger charge is 2.34. The van der Waals surface area contributed by atoms with Crippen LogP contribution in [0.15, 0.2) is 36.4 Å². The minimum atomic E-state index is 0.253. The number of nitrogens with one attached hydrogen (secondary N) is 2. The van der Waals surface area contributed by atoms with Crippen molar-refractivity contribution in [3.8, 4) is 0 Å². The first kappa shape index (κ1) is 26.2. The van der Waals surface area contributed by atoms with Crippen LogP contribution in [0.1, 0.15) is 87.3 Å². The molecule has 2 heterocycles. The second-order valence-corrected chi connectivity index (χ2v) is 13.1. The van der Waals surface area contributed by atoms with Crippen LogP contribution in [0.3, 0.4) is 0 Å². The predicted octanol–water partition coefficient (Wildman–Crippen LogP) is 8.37. The van der Waals surface area contributed by atoms with E-state index in [0.29, 0.717) is 28.1 Å². The molecule has 35 heavy (non-hydrogen) atoms. The fourth-order valence-electron chi connectivity index (χ4n) is 5.19. The van der Waals surface area contributed by atoms with Gasteiger partial charge in [0, 0.05) is 35.0 Å². The number of amidine groups is 2. The van der Waals surface area contributed by atoms with Crippen molar-refractivity contribution < 1.29 is 0 Å². The normalized spacial score (nSPS) is 23.5. The van der Waals surface area contributed by atoms with Gasteiger partial charge < -0.3 is 9.80 Å². The minimum absolute atomic E-state index is 0.253. The molecule has 2 aliphatic heterocycles. The van der Waals surface area contributed by atoms with Crippen LogP contribution in [0.4, 0.5) is 11.4 Å². The zero-order chi connectivity index (χ0) is 25.4. The van der Waals surface area contributed by atoms with Crippen LogP contribution in [-0.2, 0) is 0 Å². The number of nitrogens with zero attached hydrogens (tertiary/aromatic N) is 2. The van der Waals surface area contributed by atoms with Gasteiger partial charge in [-0.1, -0.05) is 82.4 Å². The SMILES string of the molecule is Cc1ccc(C(C)C)c(N2C(=N)SC(c3ccc(N4CC(C)CSC4=N)c(C(C)C)c3)CC2C)c1. The molecular formula is C29H40N4S2. The molecule has 3 atom stereocenters. The van der Waals surface area contributed by atoms with Gasteiger partial charge in [0.25, 0.3) is 0 Å². The lowest BCUT2D eigenvalue weighted by Gasteiger charge is -2.41. The number of thioether (sulfide) groups is 2. The number of hydrogen-bond acceptors (Lipinski definition) is 4. The number of aryl methyl sites for hydroxylation is 1. The van der Waals surface area contributed by atoms with Gasteiger partial charge in [0.05, 0.1) is 0 Å². The molecule has 2 aliphatic rings. The third-order valence-corrected chi connectivity index (χ3v) is 9.51. The molecule has 0 saturated carbocycles. The largest absolute Gasteiger partial charge is 0.321 e. The van der Waals surface area contributed by atoms with Gasteiger partial charge in [-0.2, -0.15) is 0 Å². The lowest BCUT2D eigenvalue weighted by atomic mass is 9.94. The highest BCUT2D eigenvalue weighted by Crippen LogP contribution is 2.45. The van der Waals surface area contributed by atoms with Crippen LogP contribution in [-0.4, -0.2) is 28.7 Å². The van der Waals surface area contributed by atoms with Crippen molar-refractivity contribution in [1.29, 1.82) is 10.8 Å². The maximum atomic E-state index is 9.04. The van der Waals surface area contributed by atoms with Gasteiger partial charge in [0.1, 0.15) is 0 Å². The number of anilines is 2. The van der Waals surface area contributed by atoms with Crippen molar-refractivity contribution in [2.24, 2.45) is 5.92 Å². The van der Waals surface area contributed by atoms with E-state index in [2.05, 4.69) is 94.7 Å². The molecule has 2 saturated heterocycles. The Kier molecular flexibility index (Phi) is 7.92. The maximum absolute atomic E-state index is 9.04. The molecule has 4 nitrogen and oxygen atoms in total.